The van der Waals surface area contributed by atoms with Gasteiger partial charge < -0.3 is 25.0 Å². The molecule has 0 unspecified atom stereocenters. The zero-order valence-corrected chi connectivity index (χ0v) is 17.4. The molecule has 184 valence electrons. The molecule has 33 heavy (non-hydrogen) atoms. The van der Waals surface area contributed by atoms with Crippen LogP contribution in [-0.2, 0) is 23.8 Å². The van der Waals surface area contributed by atoms with Crippen molar-refractivity contribution < 1.29 is 50.4 Å². The number of aromatic nitrogens is 3. The summed E-state index contributed by atoms with van der Waals surface area (Å²) in [5.41, 5.74) is 5.09. The van der Waals surface area contributed by atoms with E-state index < -0.39 is 54.7 Å². The fraction of sp³-hybridized carbons (Fsp3) is 0.438. The van der Waals surface area contributed by atoms with Crippen molar-refractivity contribution in [1.82, 2.24) is 19.7 Å². The van der Waals surface area contributed by atoms with Gasteiger partial charge in [-0.3, -0.25) is 9.69 Å². The van der Waals surface area contributed by atoms with Crippen molar-refractivity contribution in [1.29, 1.82) is 0 Å². The molecule has 0 saturated heterocycles. The minimum atomic E-state index is -4.64. The first-order valence-electron chi connectivity index (χ1n) is 9.02. The van der Waals surface area contributed by atoms with E-state index in [0.29, 0.717) is 6.07 Å². The number of hydrogen-bond donors (Lipinski definition) is 4. The van der Waals surface area contributed by atoms with Gasteiger partial charge in [-0.15, -0.1) is 10.2 Å². The molecule has 0 aliphatic carbocycles. The van der Waals surface area contributed by atoms with Crippen molar-refractivity contribution in [3.05, 3.63) is 46.8 Å². The third kappa shape index (κ3) is 7.58. The third-order valence-corrected chi connectivity index (χ3v) is 4.45. The van der Waals surface area contributed by atoms with Gasteiger partial charge in [-0.1, -0.05) is 0 Å². The molecule has 3 rings (SSSR count). The second-order valence-electron chi connectivity index (χ2n) is 6.88. The Morgan fingerprint density at radius 3 is 2.24 bits per heavy atom. The highest BCUT2D eigenvalue weighted by molar-refractivity contribution is 7.45. The molecule has 1 aromatic carbocycles. The lowest BCUT2D eigenvalue weighted by atomic mass is 10.0. The second kappa shape index (κ2) is 10.3. The van der Waals surface area contributed by atoms with Crippen molar-refractivity contribution in [3.63, 3.8) is 0 Å². The highest BCUT2D eigenvalue weighted by Crippen LogP contribution is 2.29. The Balaban J connectivity index is 0.000000696. The van der Waals surface area contributed by atoms with Crippen molar-refractivity contribution in [2.45, 2.75) is 31.7 Å². The molecule has 1 aromatic heterocycles. The van der Waals surface area contributed by atoms with Gasteiger partial charge in [-0.25, -0.2) is 17.7 Å². The second-order valence-corrected chi connectivity index (χ2v) is 7.91. The van der Waals surface area contributed by atoms with Crippen molar-refractivity contribution in [2.24, 2.45) is 5.73 Å². The summed E-state index contributed by atoms with van der Waals surface area (Å²) in [7, 11) is -4.64. The summed E-state index contributed by atoms with van der Waals surface area (Å²) >= 11 is 0. The van der Waals surface area contributed by atoms with Crippen molar-refractivity contribution in [2.75, 3.05) is 13.1 Å². The summed E-state index contributed by atoms with van der Waals surface area (Å²) in [4.78, 5) is 35.5. The van der Waals surface area contributed by atoms with Crippen LogP contribution in [0.25, 0.3) is 0 Å². The summed E-state index contributed by atoms with van der Waals surface area (Å²) in [5.74, 6) is -5.83. The van der Waals surface area contributed by atoms with Crippen LogP contribution in [0.3, 0.4) is 0 Å². The Hall–Kier alpha value is -2.36. The van der Waals surface area contributed by atoms with Gasteiger partial charge in [0.2, 0.25) is 5.82 Å². The Labute approximate surface area is 181 Å². The summed E-state index contributed by atoms with van der Waals surface area (Å²) in [6.45, 7) is 0.544. The number of halogens is 6. The molecule has 1 aliphatic rings. The lowest BCUT2D eigenvalue weighted by Gasteiger charge is -2.28. The average Bonchev–Trinajstić information content (AvgIpc) is 3.10. The van der Waals surface area contributed by atoms with E-state index in [-0.39, 0.29) is 44.5 Å². The third-order valence-electron chi connectivity index (χ3n) is 4.45. The van der Waals surface area contributed by atoms with Crippen LogP contribution < -0.4 is 5.73 Å². The molecule has 1 aliphatic heterocycles. The Morgan fingerprint density at radius 1 is 1.09 bits per heavy atom. The minimum Gasteiger partial charge on any atom is -0.321 e. The first-order valence-corrected chi connectivity index (χ1v) is 10.6. The molecule has 0 saturated carbocycles. The van der Waals surface area contributed by atoms with Gasteiger partial charge in [0.15, 0.2) is 17.4 Å². The van der Waals surface area contributed by atoms with Crippen LogP contribution in [0.15, 0.2) is 12.1 Å². The molecule has 0 amide bonds. The minimum absolute atomic E-state index is 0.0121. The van der Waals surface area contributed by atoms with Gasteiger partial charge in [0.25, 0.3) is 0 Å². The van der Waals surface area contributed by atoms with Gasteiger partial charge in [-0.05, 0) is 12.5 Å². The van der Waals surface area contributed by atoms with Gasteiger partial charge >= 0.3 is 14.0 Å². The molecule has 0 bridgehead atoms. The molecule has 0 radical (unpaired) electrons. The number of ketones is 1. The van der Waals surface area contributed by atoms with Gasteiger partial charge in [0.05, 0.1) is 18.2 Å². The molecule has 0 fully saturated rings. The summed E-state index contributed by atoms with van der Waals surface area (Å²) in [6, 6.07) is -0.468. The smallest absolute Gasteiger partial charge is 0.321 e. The molecule has 17 heteroatoms. The van der Waals surface area contributed by atoms with Crippen LogP contribution in [0.5, 0.6) is 0 Å². The number of carbonyl (C=O) groups is 1. The number of fused-ring (bicyclic) bond motifs is 1. The van der Waals surface area contributed by atoms with Crippen LogP contribution in [0.1, 0.15) is 28.4 Å². The Kier molecular flexibility index (Phi) is 8.37. The first-order chi connectivity index (χ1) is 15.1. The molecule has 1 atom stereocenters. The molecule has 2 aromatic rings. The monoisotopic (exact) mass is 505 g/mol. The van der Waals surface area contributed by atoms with Crippen LogP contribution in [-0.4, -0.2) is 59.3 Å². The Morgan fingerprint density at radius 2 is 1.67 bits per heavy atom. The lowest BCUT2D eigenvalue weighted by Crippen LogP contribution is -2.40. The number of benzene rings is 1. The molecule has 10 nitrogen and oxygen atoms in total. The molecule has 0 spiro atoms. The summed E-state index contributed by atoms with van der Waals surface area (Å²) < 4.78 is 88.2. The first kappa shape index (κ1) is 26.9. The SMILES string of the molecule is N[C@H](CCN1CCn2c(nnc2C(F)(F)F)C1)C(=O)c1cc(F)c(F)cc1F.O=P(O)(O)O. The maximum Gasteiger partial charge on any atom is 0.466 e. The maximum atomic E-state index is 13.7. The number of phosphoric acid groups is 1. The zero-order chi connectivity index (χ0) is 25.1. The maximum absolute atomic E-state index is 13.7. The van der Waals surface area contributed by atoms with E-state index in [1.807, 2.05) is 0 Å². The summed E-state index contributed by atoms with van der Waals surface area (Å²) in [5, 5.41) is 6.71. The average molecular weight is 505 g/mol. The quantitative estimate of drug-likeness (QED) is 0.203. The van der Waals surface area contributed by atoms with E-state index >= 15 is 0 Å². The fourth-order valence-corrected chi connectivity index (χ4v) is 2.97. The van der Waals surface area contributed by atoms with Crippen LogP contribution in [0.2, 0.25) is 0 Å². The topological polar surface area (TPSA) is 155 Å². The van der Waals surface area contributed by atoms with E-state index in [0.717, 1.165) is 4.57 Å². The largest absolute Gasteiger partial charge is 0.466 e. The number of rotatable bonds is 5. The predicted molar refractivity (Wildman–Crippen MR) is 97.8 cm³/mol. The number of Topliss-reactive ketones (excluding diaryl/α,β-unsaturated/α-hetero) is 1. The highest BCUT2D eigenvalue weighted by Gasteiger charge is 2.39. The van der Waals surface area contributed by atoms with Gasteiger partial charge in [0, 0.05) is 25.7 Å². The van der Waals surface area contributed by atoms with E-state index in [1.54, 1.807) is 4.90 Å². The number of carbonyl (C=O) groups excluding carboxylic acids is 1. The normalized spacial score (nSPS) is 15.5. The molecule has 5 N–H and O–H groups in total. The van der Waals surface area contributed by atoms with Gasteiger partial charge in [0.1, 0.15) is 11.6 Å². The van der Waals surface area contributed by atoms with E-state index in [9.17, 15) is 31.1 Å². The summed E-state index contributed by atoms with van der Waals surface area (Å²) in [6.07, 6.45) is -4.56. The number of nitrogens with zero attached hydrogens (tertiary/aromatic N) is 4. The van der Waals surface area contributed by atoms with E-state index in [2.05, 4.69) is 10.2 Å². The standard InChI is InChI=1S/C16H15F6N5O.H3O4P/c17-9-6-11(19)10(18)5-8(9)14(28)12(23)1-2-26-3-4-27-13(7-26)24-25-15(27)16(20,21)22;1-5(2,3)4/h5-6,12H,1-4,7,23H2;(H3,1,2,3,4)/t12-;/m1./s1. The predicted octanol–water partition coefficient (Wildman–Crippen LogP) is 1.20. The Bertz CT molecular complexity index is 1050. The van der Waals surface area contributed by atoms with Crippen molar-refractivity contribution >= 4 is 13.6 Å². The fourth-order valence-electron chi connectivity index (χ4n) is 2.97. The lowest BCUT2D eigenvalue weighted by molar-refractivity contribution is -0.148. The van der Waals surface area contributed by atoms with Crippen LogP contribution in [0, 0.1) is 17.5 Å². The number of nitrogens with two attached hydrogens (primary N) is 1. The van der Waals surface area contributed by atoms with Crippen LogP contribution >= 0.6 is 7.82 Å². The number of hydrogen-bond acceptors (Lipinski definition) is 6. The zero-order valence-electron chi connectivity index (χ0n) is 16.5. The highest BCUT2D eigenvalue weighted by atomic mass is 31.2. The van der Waals surface area contributed by atoms with E-state index in [4.69, 9.17) is 25.0 Å². The van der Waals surface area contributed by atoms with Gasteiger partial charge in [-0.2, -0.15) is 13.2 Å². The number of alkyl halides is 3. The molecular weight excluding hydrogens is 487 g/mol. The van der Waals surface area contributed by atoms with Crippen LogP contribution in [0.4, 0.5) is 26.3 Å². The van der Waals surface area contributed by atoms with E-state index in [1.165, 1.54) is 0 Å². The molecule has 2 heterocycles. The van der Waals surface area contributed by atoms with Crippen molar-refractivity contribution in [3.8, 4) is 0 Å². The molecular formula is C16H18F6N5O5P.